The molecule has 0 N–H and O–H groups in total. The Bertz CT molecular complexity index is 733. The lowest BCUT2D eigenvalue weighted by molar-refractivity contribution is -0.703. The number of imidazole rings is 1. The van der Waals surface area contributed by atoms with Crippen molar-refractivity contribution in [3.63, 3.8) is 0 Å². The Balaban J connectivity index is 1.60. The fourth-order valence-electron chi connectivity index (χ4n) is 5.43. The molecule has 0 fully saturated rings. The van der Waals surface area contributed by atoms with E-state index in [1.165, 1.54) is 146 Å². The van der Waals surface area contributed by atoms with Gasteiger partial charge in [0.1, 0.15) is 12.4 Å². The lowest BCUT2D eigenvalue weighted by Gasteiger charge is -2.07. The molecule has 0 saturated heterocycles. The van der Waals surface area contributed by atoms with E-state index in [-0.39, 0.29) is 0 Å². The molecule has 2 nitrogen and oxygen atoms in total. The Kier molecular flexibility index (Phi) is 18.3. The van der Waals surface area contributed by atoms with Crippen molar-refractivity contribution >= 4 is 0 Å². The van der Waals surface area contributed by atoms with Crippen LogP contribution in [-0.4, -0.2) is 4.57 Å². The first-order chi connectivity index (χ1) is 17.8. The predicted molar refractivity (Wildman–Crippen MR) is 158 cm³/mol. The summed E-state index contributed by atoms with van der Waals surface area (Å²) in [6.45, 7) is 6.93. The van der Waals surface area contributed by atoms with Gasteiger partial charge in [0.05, 0.1) is 19.5 Å². The first-order valence-corrected chi connectivity index (χ1v) is 16.0. The maximum Gasteiger partial charge on any atom is 0.260 e. The van der Waals surface area contributed by atoms with Crippen LogP contribution in [0.2, 0.25) is 0 Å². The van der Waals surface area contributed by atoms with Crippen LogP contribution >= 0.6 is 0 Å². The van der Waals surface area contributed by atoms with Crippen molar-refractivity contribution in [3.8, 4) is 0 Å². The zero-order chi connectivity index (χ0) is 25.5. The van der Waals surface area contributed by atoms with Crippen molar-refractivity contribution in [1.82, 2.24) is 4.57 Å². The second-order valence-electron chi connectivity index (χ2n) is 11.1. The maximum atomic E-state index is 2.54. The molecular weight excluding hydrogens is 436 g/mol. The molecule has 0 unspecified atom stereocenters. The van der Waals surface area contributed by atoms with E-state index in [2.05, 4.69) is 65.7 Å². The van der Waals surface area contributed by atoms with Crippen LogP contribution in [0.4, 0.5) is 0 Å². The van der Waals surface area contributed by atoms with Crippen LogP contribution in [0.15, 0.2) is 42.7 Å². The van der Waals surface area contributed by atoms with Gasteiger partial charge in [-0.2, -0.15) is 0 Å². The molecule has 0 atom stereocenters. The van der Waals surface area contributed by atoms with E-state index in [4.69, 9.17) is 0 Å². The van der Waals surface area contributed by atoms with Crippen molar-refractivity contribution in [1.29, 1.82) is 0 Å². The molecule has 2 aromatic rings. The first kappa shape index (κ1) is 30.7. The average molecular weight is 496 g/mol. The minimum atomic E-state index is 1.04. The number of hydrogen-bond donors (Lipinski definition) is 0. The highest BCUT2D eigenvalue weighted by Crippen LogP contribution is 2.14. The number of benzene rings is 1. The van der Waals surface area contributed by atoms with Crippen LogP contribution < -0.4 is 4.57 Å². The zero-order valence-corrected chi connectivity index (χ0v) is 24.2. The zero-order valence-electron chi connectivity index (χ0n) is 24.2. The van der Waals surface area contributed by atoms with Gasteiger partial charge in [-0.15, -0.1) is 0 Å². The molecule has 0 saturated carbocycles. The van der Waals surface area contributed by atoms with Crippen molar-refractivity contribution < 1.29 is 4.57 Å². The molecule has 0 aliphatic carbocycles. The van der Waals surface area contributed by atoms with Crippen LogP contribution in [0.3, 0.4) is 0 Å². The van der Waals surface area contributed by atoms with Gasteiger partial charge < -0.3 is 0 Å². The van der Waals surface area contributed by atoms with Gasteiger partial charge in [-0.3, -0.25) is 0 Å². The van der Waals surface area contributed by atoms with E-state index in [1.54, 1.807) is 0 Å². The van der Waals surface area contributed by atoms with Gasteiger partial charge in [-0.1, -0.05) is 147 Å². The summed E-state index contributed by atoms with van der Waals surface area (Å²) in [7, 11) is 0. The van der Waals surface area contributed by atoms with Crippen molar-refractivity contribution in [2.24, 2.45) is 0 Å². The third-order valence-corrected chi connectivity index (χ3v) is 7.80. The molecule has 0 spiro atoms. The molecule has 0 amide bonds. The Morgan fingerprint density at radius 2 is 1.03 bits per heavy atom. The number of hydrogen-bond acceptors (Lipinski definition) is 0. The van der Waals surface area contributed by atoms with Crippen LogP contribution in [0.5, 0.6) is 0 Å². The van der Waals surface area contributed by atoms with Gasteiger partial charge in [0.15, 0.2) is 0 Å². The largest absolute Gasteiger partial charge is 0.260 e. The normalized spacial score (nSPS) is 11.4. The highest BCUT2D eigenvalue weighted by molar-refractivity contribution is 5.18. The van der Waals surface area contributed by atoms with Crippen molar-refractivity contribution in [3.05, 3.63) is 54.1 Å². The Morgan fingerprint density at radius 1 is 0.556 bits per heavy atom. The third-order valence-electron chi connectivity index (χ3n) is 7.80. The predicted octanol–water partition coefficient (Wildman–Crippen LogP) is 10.2. The minimum absolute atomic E-state index is 1.04. The van der Waals surface area contributed by atoms with Gasteiger partial charge in [-0.25, -0.2) is 9.13 Å². The second kappa shape index (κ2) is 21.5. The summed E-state index contributed by atoms with van der Waals surface area (Å²) in [5.41, 5.74) is 1.42. The average Bonchev–Trinajstić information content (AvgIpc) is 3.27. The molecule has 0 bridgehead atoms. The molecule has 2 heteroatoms. The summed E-state index contributed by atoms with van der Waals surface area (Å²) in [5.74, 6) is 1.49. The fourth-order valence-corrected chi connectivity index (χ4v) is 5.43. The first-order valence-electron chi connectivity index (χ1n) is 16.0. The summed E-state index contributed by atoms with van der Waals surface area (Å²) in [5, 5.41) is 0. The molecule has 1 aromatic carbocycles. The number of aryl methyl sites for hydroxylation is 2. The lowest BCUT2D eigenvalue weighted by Crippen LogP contribution is -2.37. The number of unbranched alkanes of at least 4 members (excludes halogenated alkanes) is 18. The second-order valence-corrected chi connectivity index (χ2v) is 11.1. The Hall–Kier alpha value is -1.57. The van der Waals surface area contributed by atoms with Crippen LogP contribution in [0, 0.1) is 0 Å². The van der Waals surface area contributed by atoms with Crippen molar-refractivity contribution in [2.45, 2.75) is 162 Å². The van der Waals surface area contributed by atoms with E-state index in [1.807, 2.05) is 0 Å². The van der Waals surface area contributed by atoms with Gasteiger partial charge in [0.25, 0.3) is 5.82 Å². The summed E-state index contributed by atoms with van der Waals surface area (Å²) in [6.07, 6.45) is 33.9. The summed E-state index contributed by atoms with van der Waals surface area (Å²) >= 11 is 0. The third kappa shape index (κ3) is 14.2. The molecule has 1 aromatic heterocycles. The van der Waals surface area contributed by atoms with Crippen LogP contribution in [-0.2, 0) is 19.5 Å². The van der Waals surface area contributed by atoms with Gasteiger partial charge in [-0.05, 0) is 31.2 Å². The highest BCUT2D eigenvalue weighted by Gasteiger charge is 2.17. The Morgan fingerprint density at radius 3 is 1.56 bits per heavy atom. The number of rotatable bonds is 24. The molecule has 36 heavy (non-hydrogen) atoms. The smallest absolute Gasteiger partial charge is 0.234 e. The van der Waals surface area contributed by atoms with Crippen LogP contribution in [0.1, 0.15) is 154 Å². The summed E-state index contributed by atoms with van der Waals surface area (Å²) in [6, 6.07) is 11.0. The summed E-state index contributed by atoms with van der Waals surface area (Å²) in [4.78, 5) is 0. The van der Waals surface area contributed by atoms with E-state index in [0.29, 0.717) is 0 Å². The van der Waals surface area contributed by atoms with Gasteiger partial charge >= 0.3 is 0 Å². The molecule has 0 aliphatic rings. The topological polar surface area (TPSA) is 8.81 Å². The minimum Gasteiger partial charge on any atom is -0.234 e. The molecular formula is C34H59N2+. The fraction of sp³-hybridized carbons (Fsp3) is 0.735. The number of nitrogens with zero attached hydrogens (tertiary/aromatic N) is 2. The Labute approximate surface area is 224 Å². The molecule has 1 heterocycles. The highest BCUT2D eigenvalue weighted by atomic mass is 15.1. The number of aromatic nitrogens is 2. The van der Waals surface area contributed by atoms with E-state index in [9.17, 15) is 0 Å². The standard InChI is InChI=1S/C34H59N2/c1-3-5-7-9-10-11-12-13-14-15-16-17-18-20-25-29-36-31-30-35(28-24-19-8-6-4-2)34(36)32-33-26-22-21-23-27-33/h21-23,26-27,30-31H,3-20,24-25,28-29,32H2,1-2H3/q+1. The quantitative estimate of drug-likeness (QED) is 0.101. The van der Waals surface area contributed by atoms with Gasteiger partial charge in [0.2, 0.25) is 0 Å². The SMILES string of the molecule is CCCCCCCCCCCCCCCCCn1cc[n+](CCCCCCC)c1Cc1ccccc1. The van der Waals surface area contributed by atoms with Gasteiger partial charge in [0, 0.05) is 0 Å². The monoisotopic (exact) mass is 495 g/mol. The molecule has 0 radical (unpaired) electrons. The molecule has 0 aliphatic heterocycles. The lowest BCUT2D eigenvalue weighted by atomic mass is 10.0. The molecule has 2 rings (SSSR count). The van der Waals surface area contributed by atoms with E-state index < -0.39 is 0 Å². The van der Waals surface area contributed by atoms with E-state index in [0.717, 1.165) is 13.0 Å². The summed E-state index contributed by atoms with van der Waals surface area (Å²) < 4.78 is 5.07. The van der Waals surface area contributed by atoms with Crippen LogP contribution in [0.25, 0.3) is 0 Å². The van der Waals surface area contributed by atoms with E-state index >= 15 is 0 Å². The van der Waals surface area contributed by atoms with Crippen molar-refractivity contribution in [2.75, 3.05) is 0 Å². The molecule has 204 valence electrons. The maximum absolute atomic E-state index is 2.54.